The second kappa shape index (κ2) is 7.49. The highest BCUT2D eigenvalue weighted by molar-refractivity contribution is 7.13. The molecule has 1 saturated heterocycles. The third-order valence-corrected chi connectivity index (χ3v) is 5.44. The number of hydrogen-bond donors (Lipinski definition) is 2. The normalized spacial score (nSPS) is 20.9. The molecule has 0 saturated carbocycles. The monoisotopic (exact) mass is 360 g/mol. The molecule has 1 fully saturated rings. The van der Waals surface area contributed by atoms with E-state index in [9.17, 15) is 0 Å². The summed E-state index contributed by atoms with van der Waals surface area (Å²) in [6.07, 6.45) is 1.94. The van der Waals surface area contributed by atoms with Crippen LogP contribution in [0.3, 0.4) is 0 Å². The second-order valence-electron chi connectivity index (χ2n) is 6.12. The zero-order valence-corrected chi connectivity index (χ0v) is 14.9. The lowest BCUT2D eigenvalue weighted by molar-refractivity contribution is 0.324. The Balaban J connectivity index is 0.00000169. The second-order valence-corrected chi connectivity index (χ2v) is 7.07. The average molecular weight is 361 g/mol. The molecule has 0 amide bonds. The molecule has 1 aliphatic heterocycles. The average Bonchev–Trinajstić information content (AvgIpc) is 3.29. The van der Waals surface area contributed by atoms with Crippen molar-refractivity contribution in [2.24, 2.45) is 5.73 Å². The van der Waals surface area contributed by atoms with Crippen molar-refractivity contribution in [2.45, 2.75) is 18.5 Å². The summed E-state index contributed by atoms with van der Waals surface area (Å²) in [5.74, 6) is 0.410. The molecule has 126 valence electrons. The molecule has 0 spiro atoms. The number of H-pyrrole nitrogens is 1. The van der Waals surface area contributed by atoms with E-state index in [0.29, 0.717) is 5.92 Å². The smallest absolute Gasteiger partial charge is 0.0794 e. The summed E-state index contributed by atoms with van der Waals surface area (Å²) in [6.45, 7) is 2.82. The Kier molecular flexibility index (Phi) is 5.36. The van der Waals surface area contributed by atoms with Gasteiger partial charge in [0.1, 0.15) is 0 Å². The number of thiophene rings is 1. The lowest BCUT2D eigenvalue weighted by atomic mass is 9.95. The largest absolute Gasteiger partial charge is 0.326 e. The number of aromatic nitrogens is 2. The molecular weight excluding hydrogens is 340 g/mol. The number of hydrogen-bond acceptors (Lipinski definition) is 4. The molecule has 6 heteroatoms. The zero-order valence-electron chi connectivity index (χ0n) is 13.3. The van der Waals surface area contributed by atoms with Gasteiger partial charge in [-0.2, -0.15) is 5.10 Å². The third kappa shape index (κ3) is 3.39. The summed E-state index contributed by atoms with van der Waals surface area (Å²) in [7, 11) is 0. The summed E-state index contributed by atoms with van der Waals surface area (Å²) in [6, 6.07) is 15.0. The van der Waals surface area contributed by atoms with E-state index >= 15 is 0 Å². The molecule has 1 aromatic carbocycles. The van der Waals surface area contributed by atoms with E-state index in [1.54, 1.807) is 11.3 Å². The Morgan fingerprint density at radius 1 is 1.17 bits per heavy atom. The van der Waals surface area contributed by atoms with Crippen molar-refractivity contribution in [3.8, 4) is 10.6 Å². The summed E-state index contributed by atoms with van der Waals surface area (Å²) in [4.78, 5) is 3.67. The van der Waals surface area contributed by atoms with E-state index < -0.39 is 0 Å². The van der Waals surface area contributed by atoms with E-state index in [-0.39, 0.29) is 18.4 Å². The van der Waals surface area contributed by atoms with Gasteiger partial charge in [0.05, 0.1) is 16.8 Å². The van der Waals surface area contributed by atoms with Gasteiger partial charge < -0.3 is 5.73 Å². The molecule has 24 heavy (non-hydrogen) atoms. The van der Waals surface area contributed by atoms with E-state index in [0.717, 1.165) is 25.3 Å². The highest BCUT2D eigenvalue weighted by Gasteiger charge is 2.31. The summed E-state index contributed by atoms with van der Waals surface area (Å²) in [5.41, 5.74) is 10.1. The molecule has 4 nitrogen and oxygen atoms in total. The minimum absolute atomic E-state index is 0. The third-order valence-electron chi connectivity index (χ3n) is 4.55. The van der Waals surface area contributed by atoms with Gasteiger partial charge in [0, 0.05) is 37.2 Å². The van der Waals surface area contributed by atoms with Gasteiger partial charge in [-0.3, -0.25) is 10.00 Å². The van der Waals surface area contributed by atoms with Gasteiger partial charge in [0.2, 0.25) is 0 Å². The molecule has 4 rings (SSSR count). The first-order valence-corrected chi connectivity index (χ1v) is 8.78. The van der Waals surface area contributed by atoms with Gasteiger partial charge in [-0.1, -0.05) is 36.4 Å². The van der Waals surface area contributed by atoms with Crippen molar-refractivity contribution in [3.05, 3.63) is 65.2 Å². The molecule has 0 bridgehead atoms. The molecule has 0 aliphatic carbocycles. The predicted octanol–water partition coefficient (Wildman–Crippen LogP) is 3.49. The maximum atomic E-state index is 6.40. The van der Waals surface area contributed by atoms with Gasteiger partial charge in [-0.05, 0) is 17.0 Å². The maximum Gasteiger partial charge on any atom is 0.0794 e. The summed E-state index contributed by atoms with van der Waals surface area (Å²) >= 11 is 1.74. The first-order chi connectivity index (χ1) is 11.3. The predicted molar refractivity (Wildman–Crippen MR) is 102 cm³/mol. The standard InChI is InChI=1S/C18H20N4S.ClH/c19-16-12-22(11-15(16)13-5-2-1-3-6-13)10-14-9-20-21-18(14)17-7-4-8-23-17;/h1-9,15-16H,10-12,19H2,(H,20,21);1H/t15-,16+;/m0./s1. The number of halogens is 1. The van der Waals surface area contributed by atoms with Crippen LogP contribution in [0.5, 0.6) is 0 Å². The Hall–Kier alpha value is -1.66. The number of nitrogens with one attached hydrogen (secondary N) is 1. The van der Waals surface area contributed by atoms with Crippen molar-refractivity contribution < 1.29 is 0 Å². The molecule has 2 aromatic heterocycles. The van der Waals surface area contributed by atoms with Crippen molar-refractivity contribution >= 4 is 23.7 Å². The van der Waals surface area contributed by atoms with Crippen LogP contribution >= 0.6 is 23.7 Å². The minimum Gasteiger partial charge on any atom is -0.326 e. The molecule has 3 heterocycles. The molecule has 2 atom stereocenters. The molecule has 3 N–H and O–H groups in total. The number of likely N-dealkylation sites (tertiary alicyclic amines) is 1. The lowest BCUT2D eigenvalue weighted by Gasteiger charge is -2.16. The molecule has 1 aliphatic rings. The highest BCUT2D eigenvalue weighted by atomic mass is 35.5. The van der Waals surface area contributed by atoms with Gasteiger partial charge in [-0.25, -0.2) is 0 Å². The topological polar surface area (TPSA) is 57.9 Å². The fourth-order valence-corrected chi connectivity index (χ4v) is 4.16. The van der Waals surface area contributed by atoms with Crippen LogP contribution in [0.25, 0.3) is 10.6 Å². The van der Waals surface area contributed by atoms with Crippen LogP contribution in [0.4, 0.5) is 0 Å². The Bertz CT molecular complexity index is 756. The van der Waals surface area contributed by atoms with Crippen molar-refractivity contribution in [2.75, 3.05) is 13.1 Å². The Morgan fingerprint density at radius 3 is 2.75 bits per heavy atom. The fraction of sp³-hybridized carbons (Fsp3) is 0.278. The Morgan fingerprint density at radius 2 is 2.00 bits per heavy atom. The quantitative estimate of drug-likeness (QED) is 0.748. The summed E-state index contributed by atoms with van der Waals surface area (Å²) in [5, 5.41) is 9.47. The number of benzene rings is 1. The van der Waals surface area contributed by atoms with Crippen LogP contribution in [0, 0.1) is 0 Å². The van der Waals surface area contributed by atoms with Crippen LogP contribution < -0.4 is 5.73 Å². The first-order valence-electron chi connectivity index (χ1n) is 7.90. The van der Waals surface area contributed by atoms with Crippen LogP contribution in [0.15, 0.2) is 54.0 Å². The SMILES string of the molecule is Cl.N[C@@H]1CN(Cc2cn[nH]c2-c2cccs2)C[C@H]1c1ccccc1. The van der Waals surface area contributed by atoms with E-state index in [1.165, 1.54) is 16.0 Å². The molecule has 0 unspecified atom stereocenters. The molecule has 0 radical (unpaired) electrons. The molecular formula is C18H21ClN4S. The van der Waals surface area contributed by atoms with Crippen molar-refractivity contribution in [1.29, 1.82) is 0 Å². The van der Waals surface area contributed by atoms with Crippen LogP contribution in [0.1, 0.15) is 17.0 Å². The van der Waals surface area contributed by atoms with Gasteiger partial charge in [-0.15, -0.1) is 23.7 Å². The number of nitrogens with two attached hydrogens (primary N) is 1. The lowest BCUT2D eigenvalue weighted by Crippen LogP contribution is -2.28. The summed E-state index contributed by atoms with van der Waals surface area (Å²) < 4.78 is 0. The Labute approximate surface area is 152 Å². The van der Waals surface area contributed by atoms with Crippen molar-refractivity contribution in [3.63, 3.8) is 0 Å². The van der Waals surface area contributed by atoms with Gasteiger partial charge in [0.25, 0.3) is 0 Å². The fourth-order valence-electron chi connectivity index (χ4n) is 3.40. The maximum absolute atomic E-state index is 6.40. The van der Waals surface area contributed by atoms with Crippen LogP contribution in [-0.2, 0) is 6.54 Å². The van der Waals surface area contributed by atoms with Gasteiger partial charge >= 0.3 is 0 Å². The zero-order chi connectivity index (χ0) is 15.6. The highest BCUT2D eigenvalue weighted by Crippen LogP contribution is 2.30. The van der Waals surface area contributed by atoms with Crippen LogP contribution in [0.2, 0.25) is 0 Å². The van der Waals surface area contributed by atoms with Crippen molar-refractivity contribution in [1.82, 2.24) is 15.1 Å². The van der Waals surface area contributed by atoms with Crippen LogP contribution in [-0.4, -0.2) is 34.2 Å². The van der Waals surface area contributed by atoms with E-state index in [4.69, 9.17) is 5.73 Å². The minimum atomic E-state index is 0. The van der Waals surface area contributed by atoms with Gasteiger partial charge in [0.15, 0.2) is 0 Å². The molecule has 3 aromatic rings. The number of nitrogens with zero attached hydrogens (tertiary/aromatic N) is 2. The number of rotatable bonds is 4. The van der Waals surface area contributed by atoms with E-state index in [1.807, 2.05) is 6.20 Å². The first kappa shape index (κ1) is 17.2. The number of aromatic amines is 1. The van der Waals surface area contributed by atoms with E-state index in [2.05, 4.69) is 62.9 Å².